The van der Waals surface area contributed by atoms with E-state index in [4.69, 9.17) is 4.74 Å². The summed E-state index contributed by atoms with van der Waals surface area (Å²) in [5.41, 5.74) is 0.789. The Hall–Kier alpha value is -3.92. The zero-order valence-electron chi connectivity index (χ0n) is 22.6. The molecule has 2 amide bonds. The zero-order valence-corrected chi connectivity index (χ0v) is 23.4. The molecule has 0 aliphatic heterocycles. The number of nitrogens with one attached hydrogen (secondary N) is 1. The monoisotopic (exact) mass is 567 g/mol. The summed E-state index contributed by atoms with van der Waals surface area (Å²) >= 11 is 0. The Bertz CT molecular complexity index is 1410. The average molecular weight is 568 g/mol. The van der Waals surface area contributed by atoms with E-state index in [1.54, 1.807) is 49.4 Å². The first-order valence-electron chi connectivity index (χ1n) is 13.3. The minimum absolute atomic E-state index is 0.00538. The van der Waals surface area contributed by atoms with Gasteiger partial charge in [0, 0.05) is 12.6 Å². The lowest BCUT2D eigenvalue weighted by Crippen LogP contribution is -2.52. The molecule has 1 saturated carbocycles. The molecule has 0 spiro atoms. The molecule has 1 fully saturated rings. The summed E-state index contributed by atoms with van der Waals surface area (Å²) in [5.74, 6) is -1.07. The third kappa shape index (κ3) is 6.80. The van der Waals surface area contributed by atoms with Crippen molar-refractivity contribution in [1.29, 1.82) is 0 Å². The summed E-state index contributed by atoms with van der Waals surface area (Å²) in [4.78, 5) is 28.6. The quantitative estimate of drug-likeness (QED) is 0.368. The van der Waals surface area contributed by atoms with Crippen LogP contribution in [0.4, 0.5) is 10.1 Å². The van der Waals surface area contributed by atoms with Crippen molar-refractivity contribution in [3.63, 3.8) is 0 Å². The number of hydrogen-bond donors (Lipinski definition) is 1. The number of benzene rings is 3. The summed E-state index contributed by atoms with van der Waals surface area (Å²) in [6.07, 6.45) is 3.81. The SMILES string of the molecule is COc1ccccc1N(CC(=O)N(Cc1ccc(F)cc1)[C@H](C)C(=O)NC1CCCC1)S(=O)(=O)c1ccccc1. The fourth-order valence-electron chi connectivity index (χ4n) is 4.83. The Morgan fingerprint density at radius 2 is 1.60 bits per heavy atom. The summed E-state index contributed by atoms with van der Waals surface area (Å²) < 4.78 is 47.8. The number of anilines is 1. The summed E-state index contributed by atoms with van der Waals surface area (Å²) in [6, 6.07) is 19.1. The molecule has 1 N–H and O–H groups in total. The molecule has 1 atom stereocenters. The highest BCUT2D eigenvalue weighted by molar-refractivity contribution is 7.92. The van der Waals surface area contributed by atoms with Crippen LogP contribution in [0.25, 0.3) is 0 Å². The molecule has 0 saturated heterocycles. The molecule has 0 bridgehead atoms. The highest BCUT2D eigenvalue weighted by atomic mass is 32.2. The van der Waals surface area contributed by atoms with E-state index in [9.17, 15) is 22.4 Å². The molecular formula is C30H34FN3O5S. The number of nitrogens with zero attached hydrogens (tertiary/aromatic N) is 2. The first-order chi connectivity index (χ1) is 19.2. The van der Waals surface area contributed by atoms with Crippen molar-refractivity contribution >= 4 is 27.5 Å². The first kappa shape index (κ1) is 29.1. The van der Waals surface area contributed by atoms with Gasteiger partial charge in [-0.05, 0) is 61.7 Å². The van der Waals surface area contributed by atoms with Gasteiger partial charge in [-0.15, -0.1) is 0 Å². The van der Waals surface area contributed by atoms with Gasteiger partial charge in [-0.2, -0.15) is 0 Å². The minimum atomic E-state index is -4.20. The van der Waals surface area contributed by atoms with Crippen molar-refractivity contribution in [2.45, 2.75) is 56.1 Å². The maximum atomic E-state index is 14.0. The smallest absolute Gasteiger partial charge is 0.264 e. The topological polar surface area (TPSA) is 96.0 Å². The fraction of sp³-hybridized carbons (Fsp3) is 0.333. The Balaban J connectivity index is 1.70. The molecule has 3 aromatic rings. The molecule has 4 rings (SSSR count). The molecular weight excluding hydrogens is 533 g/mol. The molecule has 0 radical (unpaired) electrons. The number of para-hydroxylation sites is 2. The number of methoxy groups -OCH3 is 1. The minimum Gasteiger partial charge on any atom is -0.495 e. The van der Waals surface area contributed by atoms with E-state index in [1.165, 1.54) is 48.4 Å². The molecule has 10 heteroatoms. The second-order valence-corrected chi connectivity index (χ2v) is 11.7. The van der Waals surface area contributed by atoms with Gasteiger partial charge in [0.1, 0.15) is 24.2 Å². The molecule has 1 aliphatic carbocycles. The lowest BCUT2D eigenvalue weighted by molar-refractivity contribution is -0.139. The van der Waals surface area contributed by atoms with E-state index in [0.29, 0.717) is 5.56 Å². The Kier molecular flexibility index (Phi) is 9.42. The number of carbonyl (C=O) groups is 2. The van der Waals surface area contributed by atoms with Crippen LogP contribution in [-0.4, -0.2) is 50.9 Å². The highest BCUT2D eigenvalue weighted by Gasteiger charge is 2.34. The van der Waals surface area contributed by atoms with E-state index < -0.39 is 34.3 Å². The van der Waals surface area contributed by atoms with E-state index in [1.807, 2.05) is 0 Å². The van der Waals surface area contributed by atoms with Gasteiger partial charge in [-0.1, -0.05) is 55.3 Å². The van der Waals surface area contributed by atoms with Crippen molar-refractivity contribution in [3.8, 4) is 5.75 Å². The van der Waals surface area contributed by atoms with Crippen molar-refractivity contribution < 1.29 is 27.1 Å². The van der Waals surface area contributed by atoms with Crippen LogP contribution in [-0.2, 0) is 26.2 Å². The summed E-state index contributed by atoms with van der Waals surface area (Å²) in [5, 5.41) is 3.02. The highest BCUT2D eigenvalue weighted by Crippen LogP contribution is 2.32. The number of sulfonamides is 1. The second-order valence-electron chi connectivity index (χ2n) is 9.81. The van der Waals surface area contributed by atoms with Crippen LogP contribution in [0.1, 0.15) is 38.2 Å². The number of amides is 2. The maximum Gasteiger partial charge on any atom is 0.264 e. The van der Waals surface area contributed by atoms with Crippen molar-refractivity contribution in [2.75, 3.05) is 18.0 Å². The Morgan fingerprint density at radius 3 is 2.25 bits per heavy atom. The second kappa shape index (κ2) is 13.0. The van der Waals surface area contributed by atoms with Crippen LogP contribution in [0, 0.1) is 5.82 Å². The van der Waals surface area contributed by atoms with E-state index in [0.717, 1.165) is 30.0 Å². The van der Waals surface area contributed by atoms with Gasteiger partial charge < -0.3 is 15.0 Å². The van der Waals surface area contributed by atoms with E-state index >= 15 is 0 Å². The van der Waals surface area contributed by atoms with Crippen molar-refractivity contribution in [2.24, 2.45) is 0 Å². The van der Waals surface area contributed by atoms with Crippen LogP contribution in [0.3, 0.4) is 0 Å². The lowest BCUT2D eigenvalue weighted by Gasteiger charge is -2.32. The molecule has 40 heavy (non-hydrogen) atoms. The van der Waals surface area contributed by atoms with Crippen LogP contribution >= 0.6 is 0 Å². The van der Waals surface area contributed by atoms with Gasteiger partial charge in [0.25, 0.3) is 10.0 Å². The molecule has 1 aliphatic rings. The standard InChI is InChI=1S/C30H34FN3O5S/c1-22(30(36)32-25-10-6-7-11-25)33(20-23-16-18-24(31)19-17-23)29(35)21-34(27-14-8-9-15-28(27)39-2)40(37,38)26-12-4-3-5-13-26/h3-5,8-9,12-19,22,25H,6-7,10-11,20-21H2,1-2H3,(H,32,36)/t22-/m1/s1. The van der Waals surface area contributed by atoms with Gasteiger partial charge in [0.15, 0.2) is 0 Å². The van der Waals surface area contributed by atoms with Gasteiger partial charge in [-0.25, -0.2) is 12.8 Å². The molecule has 8 nitrogen and oxygen atoms in total. The predicted molar refractivity (Wildman–Crippen MR) is 151 cm³/mol. The van der Waals surface area contributed by atoms with E-state index in [2.05, 4.69) is 5.32 Å². The third-order valence-electron chi connectivity index (χ3n) is 7.10. The summed E-state index contributed by atoms with van der Waals surface area (Å²) in [6.45, 7) is 1.02. The van der Waals surface area contributed by atoms with Crippen molar-refractivity contribution in [1.82, 2.24) is 10.2 Å². The number of halogens is 1. The first-order valence-corrected chi connectivity index (χ1v) is 14.7. The maximum absolute atomic E-state index is 14.0. The Labute approximate surface area is 234 Å². The molecule has 212 valence electrons. The molecule has 0 unspecified atom stereocenters. The number of carbonyl (C=O) groups excluding carboxylic acids is 2. The normalized spacial score (nSPS) is 14.4. The number of ether oxygens (including phenoxy) is 1. The average Bonchev–Trinajstić information content (AvgIpc) is 3.48. The predicted octanol–water partition coefficient (Wildman–Crippen LogP) is 4.51. The van der Waals surface area contributed by atoms with Crippen LogP contribution in [0.2, 0.25) is 0 Å². The molecule has 3 aromatic carbocycles. The third-order valence-corrected chi connectivity index (χ3v) is 8.87. The fourth-order valence-corrected chi connectivity index (χ4v) is 6.28. The number of rotatable bonds is 11. The van der Waals surface area contributed by atoms with Gasteiger partial charge in [0.05, 0.1) is 17.7 Å². The Morgan fingerprint density at radius 1 is 0.975 bits per heavy atom. The van der Waals surface area contributed by atoms with Crippen LogP contribution < -0.4 is 14.4 Å². The van der Waals surface area contributed by atoms with Gasteiger partial charge >= 0.3 is 0 Å². The van der Waals surface area contributed by atoms with Gasteiger partial charge in [-0.3, -0.25) is 13.9 Å². The number of hydrogen-bond acceptors (Lipinski definition) is 5. The molecule has 0 heterocycles. The molecule has 0 aromatic heterocycles. The van der Waals surface area contributed by atoms with Crippen molar-refractivity contribution in [3.05, 3.63) is 90.2 Å². The summed E-state index contributed by atoms with van der Waals surface area (Å²) in [7, 11) is -2.78. The largest absolute Gasteiger partial charge is 0.495 e. The van der Waals surface area contributed by atoms with Crippen LogP contribution in [0.15, 0.2) is 83.8 Å². The zero-order chi connectivity index (χ0) is 28.7. The lowest BCUT2D eigenvalue weighted by atomic mass is 10.1. The van der Waals surface area contributed by atoms with E-state index in [-0.39, 0.29) is 34.8 Å². The van der Waals surface area contributed by atoms with Gasteiger partial charge in [0.2, 0.25) is 11.8 Å². The van der Waals surface area contributed by atoms with Crippen LogP contribution in [0.5, 0.6) is 5.75 Å².